The second kappa shape index (κ2) is 9.78. The molecule has 1 aliphatic heterocycles. The average molecular weight is 547 g/mol. The summed E-state index contributed by atoms with van der Waals surface area (Å²) in [6.07, 6.45) is 0.404. The van der Waals surface area contributed by atoms with Gasteiger partial charge in [0.1, 0.15) is 10.7 Å². The number of nitrogens with zero attached hydrogens (tertiary/aromatic N) is 2. The maximum Gasteiger partial charge on any atom is 0.243 e. The molecule has 1 atom stereocenters. The fourth-order valence-corrected chi connectivity index (χ4v) is 5.43. The lowest BCUT2D eigenvalue weighted by Gasteiger charge is -2.25. The van der Waals surface area contributed by atoms with Crippen LogP contribution in [0.25, 0.3) is 0 Å². The maximum atomic E-state index is 14.1. The van der Waals surface area contributed by atoms with Crippen molar-refractivity contribution < 1.29 is 12.8 Å². The molecule has 0 aromatic heterocycles. The van der Waals surface area contributed by atoms with Gasteiger partial charge in [0, 0.05) is 21.5 Å². The third-order valence-electron chi connectivity index (χ3n) is 5.03. The van der Waals surface area contributed by atoms with Crippen LogP contribution >= 0.6 is 46.4 Å². The smallest absolute Gasteiger partial charge is 0.243 e. The zero-order chi connectivity index (χ0) is 23.8. The molecule has 0 radical (unpaired) electrons. The SMILES string of the molecule is O=S(=O)(NCC1=NN(c2ccc(Cl)cc2Cl)[C@@H](c2ccc(Cl)cc2)C1)c1cc(Cl)ccc1F. The van der Waals surface area contributed by atoms with E-state index in [-0.39, 0.29) is 17.6 Å². The Morgan fingerprint density at radius 3 is 2.27 bits per heavy atom. The van der Waals surface area contributed by atoms with Gasteiger partial charge in [0.2, 0.25) is 10.0 Å². The summed E-state index contributed by atoms with van der Waals surface area (Å²) >= 11 is 24.3. The van der Waals surface area contributed by atoms with Crippen LogP contribution in [0.3, 0.4) is 0 Å². The molecular formula is C22H16Cl4FN3O2S. The number of rotatable bonds is 6. The molecule has 0 fully saturated rings. The van der Waals surface area contributed by atoms with E-state index in [9.17, 15) is 12.8 Å². The van der Waals surface area contributed by atoms with Crippen molar-refractivity contribution in [1.29, 1.82) is 0 Å². The van der Waals surface area contributed by atoms with E-state index in [1.807, 2.05) is 12.1 Å². The molecule has 4 rings (SSSR count). The summed E-state index contributed by atoms with van der Waals surface area (Å²) in [4.78, 5) is -0.527. The molecule has 1 aliphatic rings. The second-order valence-electron chi connectivity index (χ2n) is 7.28. The largest absolute Gasteiger partial charge is 0.256 e. The first kappa shape index (κ1) is 24.3. The molecule has 1 heterocycles. The van der Waals surface area contributed by atoms with Crippen LogP contribution in [0.15, 0.2) is 70.7 Å². The molecule has 0 saturated heterocycles. The highest BCUT2D eigenvalue weighted by molar-refractivity contribution is 7.89. The van der Waals surface area contributed by atoms with Crippen molar-refractivity contribution >= 4 is 67.8 Å². The van der Waals surface area contributed by atoms with Gasteiger partial charge in [0.15, 0.2) is 0 Å². The molecule has 11 heteroatoms. The molecule has 5 nitrogen and oxygen atoms in total. The number of hydrogen-bond acceptors (Lipinski definition) is 4. The van der Waals surface area contributed by atoms with Crippen molar-refractivity contribution in [1.82, 2.24) is 4.72 Å². The van der Waals surface area contributed by atoms with Gasteiger partial charge in [-0.3, -0.25) is 5.01 Å². The summed E-state index contributed by atoms with van der Waals surface area (Å²) in [7, 11) is -4.15. The second-order valence-corrected chi connectivity index (χ2v) is 10.7. The minimum atomic E-state index is -4.15. The first-order valence-electron chi connectivity index (χ1n) is 9.65. The normalized spacial score (nSPS) is 16.2. The van der Waals surface area contributed by atoms with Crippen LogP contribution in [-0.4, -0.2) is 20.7 Å². The zero-order valence-corrected chi connectivity index (χ0v) is 20.6. The van der Waals surface area contributed by atoms with Crippen LogP contribution in [0.5, 0.6) is 0 Å². The van der Waals surface area contributed by atoms with Gasteiger partial charge < -0.3 is 0 Å². The van der Waals surface area contributed by atoms with Crippen LogP contribution in [0.4, 0.5) is 10.1 Å². The van der Waals surface area contributed by atoms with Gasteiger partial charge in [-0.05, 0) is 54.1 Å². The summed E-state index contributed by atoms with van der Waals surface area (Å²) in [5.41, 5.74) is 2.06. The van der Waals surface area contributed by atoms with Gasteiger partial charge in [0.25, 0.3) is 0 Å². The van der Waals surface area contributed by atoms with Gasteiger partial charge in [-0.15, -0.1) is 0 Å². The average Bonchev–Trinajstić information content (AvgIpc) is 3.18. The summed E-state index contributed by atoms with van der Waals surface area (Å²) in [5, 5.41) is 7.90. The molecule has 0 aliphatic carbocycles. The molecular weight excluding hydrogens is 531 g/mol. The van der Waals surface area contributed by atoms with Gasteiger partial charge in [-0.1, -0.05) is 58.5 Å². The lowest BCUT2D eigenvalue weighted by Crippen LogP contribution is -2.29. The van der Waals surface area contributed by atoms with E-state index in [1.165, 1.54) is 6.07 Å². The minimum Gasteiger partial charge on any atom is -0.256 e. The van der Waals surface area contributed by atoms with E-state index in [2.05, 4.69) is 9.82 Å². The lowest BCUT2D eigenvalue weighted by atomic mass is 10.0. The van der Waals surface area contributed by atoms with E-state index in [4.69, 9.17) is 46.4 Å². The van der Waals surface area contributed by atoms with Crippen molar-refractivity contribution in [3.05, 3.63) is 92.1 Å². The topological polar surface area (TPSA) is 61.8 Å². The van der Waals surface area contributed by atoms with Crippen molar-refractivity contribution in [3.63, 3.8) is 0 Å². The van der Waals surface area contributed by atoms with Crippen molar-refractivity contribution in [3.8, 4) is 0 Å². The number of anilines is 1. The van der Waals surface area contributed by atoms with E-state index in [0.29, 0.717) is 32.9 Å². The molecule has 3 aromatic rings. The number of halogens is 5. The number of hydrazone groups is 1. The Morgan fingerprint density at radius 2 is 1.58 bits per heavy atom. The first-order valence-corrected chi connectivity index (χ1v) is 12.6. The molecule has 172 valence electrons. The quantitative estimate of drug-likeness (QED) is 0.373. The Bertz CT molecular complexity index is 1330. The molecule has 0 unspecified atom stereocenters. The van der Waals surface area contributed by atoms with Crippen LogP contribution in [-0.2, 0) is 10.0 Å². The van der Waals surface area contributed by atoms with Crippen molar-refractivity contribution in [2.24, 2.45) is 5.10 Å². The van der Waals surface area contributed by atoms with Crippen molar-refractivity contribution in [2.75, 3.05) is 11.6 Å². The van der Waals surface area contributed by atoms with Crippen molar-refractivity contribution in [2.45, 2.75) is 17.4 Å². The number of nitrogens with one attached hydrogen (secondary N) is 1. The predicted molar refractivity (Wildman–Crippen MR) is 132 cm³/mol. The molecule has 3 aromatic carbocycles. The fourth-order valence-electron chi connectivity index (χ4n) is 3.45. The van der Waals surface area contributed by atoms with E-state index >= 15 is 0 Å². The highest BCUT2D eigenvalue weighted by Gasteiger charge is 2.31. The summed E-state index contributed by atoms with van der Waals surface area (Å²) in [6, 6.07) is 15.4. The Kier molecular flexibility index (Phi) is 7.19. The van der Waals surface area contributed by atoms with Gasteiger partial charge in [0.05, 0.1) is 29.0 Å². The fraction of sp³-hybridized carbons (Fsp3) is 0.136. The van der Waals surface area contributed by atoms with Crippen LogP contribution < -0.4 is 9.73 Å². The van der Waals surface area contributed by atoms with Gasteiger partial charge in [-0.2, -0.15) is 5.10 Å². The van der Waals surface area contributed by atoms with Crippen LogP contribution in [0, 0.1) is 5.82 Å². The summed E-state index contributed by atoms with van der Waals surface area (Å²) in [5.74, 6) is -0.895. The van der Waals surface area contributed by atoms with Crippen LogP contribution in [0.1, 0.15) is 18.0 Å². The molecule has 1 N–H and O–H groups in total. The Labute approximate surface area is 210 Å². The third-order valence-corrected chi connectivity index (χ3v) is 7.47. The summed E-state index contributed by atoms with van der Waals surface area (Å²) in [6.45, 7) is -0.125. The Balaban J connectivity index is 1.63. The first-order chi connectivity index (χ1) is 15.6. The molecule has 0 spiro atoms. The zero-order valence-electron chi connectivity index (χ0n) is 16.8. The highest BCUT2D eigenvalue weighted by Crippen LogP contribution is 2.39. The monoisotopic (exact) mass is 545 g/mol. The predicted octanol–water partition coefficient (Wildman–Crippen LogP) is 6.73. The number of sulfonamides is 1. The summed E-state index contributed by atoms with van der Waals surface area (Å²) < 4.78 is 41.8. The van der Waals surface area contributed by atoms with Crippen LogP contribution in [0.2, 0.25) is 20.1 Å². The molecule has 0 bridgehead atoms. The third kappa shape index (κ3) is 5.45. The lowest BCUT2D eigenvalue weighted by molar-refractivity contribution is 0.560. The molecule has 33 heavy (non-hydrogen) atoms. The highest BCUT2D eigenvalue weighted by atomic mass is 35.5. The van der Waals surface area contributed by atoms with Gasteiger partial charge >= 0.3 is 0 Å². The van der Waals surface area contributed by atoms with E-state index in [1.54, 1.807) is 35.3 Å². The van der Waals surface area contributed by atoms with Gasteiger partial charge in [-0.25, -0.2) is 17.5 Å². The Hall–Kier alpha value is -1.87. The van der Waals surface area contributed by atoms with E-state index in [0.717, 1.165) is 17.7 Å². The molecule has 0 saturated carbocycles. The Morgan fingerprint density at radius 1 is 0.939 bits per heavy atom. The number of benzene rings is 3. The maximum absolute atomic E-state index is 14.1. The standard InChI is InChI=1S/C22H16Cl4FN3O2S/c23-14-3-1-13(2-4-14)21-11-17(29-30(21)20-8-6-15(24)9-18(20)26)12-28-33(31,32)22-10-16(25)5-7-19(22)27/h1-10,21,28H,11-12H2/t21-/m1/s1. The number of hydrogen-bond donors (Lipinski definition) is 1. The minimum absolute atomic E-state index is 0.112. The van der Waals surface area contributed by atoms with E-state index < -0.39 is 20.7 Å². The molecule has 0 amide bonds.